The van der Waals surface area contributed by atoms with Gasteiger partial charge in [0.2, 0.25) is 11.8 Å². The normalized spacial score (nSPS) is 10.5. The molecule has 0 atom stereocenters. The number of ether oxygens (including phenoxy) is 2. The molecule has 6 nitrogen and oxygen atoms in total. The number of hydrogen-bond acceptors (Lipinski definition) is 6. The molecule has 0 aromatic carbocycles. The second-order valence-electron chi connectivity index (χ2n) is 4.24. The van der Waals surface area contributed by atoms with E-state index >= 15 is 0 Å². The minimum Gasteiger partial charge on any atom is -0.478 e. The smallest absolute Gasteiger partial charge is 0.228 e. The summed E-state index contributed by atoms with van der Waals surface area (Å²) in [5, 5.41) is 3.29. The van der Waals surface area contributed by atoms with Crippen LogP contribution < -0.4 is 15.0 Å². The number of nitrogens with one attached hydrogen (secondary N) is 1. The zero-order valence-electron chi connectivity index (χ0n) is 12.3. The van der Waals surface area contributed by atoms with Gasteiger partial charge in [-0.15, -0.1) is 0 Å². The lowest BCUT2D eigenvalue weighted by molar-refractivity contribution is 0.200. The van der Waals surface area contributed by atoms with Crippen molar-refractivity contribution in [3.8, 4) is 5.88 Å². The molecule has 0 aliphatic rings. The van der Waals surface area contributed by atoms with Gasteiger partial charge in [0.15, 0.2) is 0 Å². The highest BCUT2D eigenvalue weighted by Crippen LogP contribution is 2.14. The molecule has 1 N–H and O–H groups in total. The highest BCUT2D eigenvalue weighted by molar-refractivity contribution is 5.33. The molecule has 0 saturated carbocycles. The van der Waals surface area contributed by atoms with Crippen LogP contribution in [0.3, 0.4) is 0 Å². The summed E-state index contributed by atoms with van der Waals surface area (Å²) in [5.41, 5.74) is 0.910. The summed E-state index contributed by atoms with van der Waals surface area (Å²) in [6.07, 6.45) is 0. The van der Waals surface area contributed by atoms with E-state index in [9.17, 15) is 0 Å². The third kappa shape index (κ3) is 5.85. The number of hydrogen-bond donors (Lipinski definition) is 1. The van der Waals surface area contributed by atoms with E-state index in [0.29, 0.717) is 18.4 Å². The van der Waals surface area contributed by atoms with Gasteiger partial charge >= 0.3 is 0 Å². The molecule has 1 heterocycles. The van der Waals surface area contributed by atoms with Crippen molar-refractivity contribution in [3.63, 3.8) is 0 Å². The Hall–Kier alpha value is -1.40. The number of methoxy groups -OCH3 is 1. The van der Waals surface area contributed by atoms with Crippen LogP contribution in [0.5, 0.6) is 5.88 Å². The van der Waals surface area contributed by atoms with E-state index in [-0.39, 0.29) is 0 Å². The van der Waals surface area contributed by atoms with Crippen LogP contribution >= 0.6 is 0 Å². The van der Waals surface area contributed by atoms with E-state index in [4.69, 9.17) is 9.47 Å². The van der Waals surface area contributed by atoms with Gasteiger partial charge in [-0.05, 0) is 13.8 Å². The van der Waals surface area contributed by atoms with Gasteiger partial charge in [0.05, 0.1) is 13.2 Å². The maximum Gasteiger partial charge on any atom is 0.228 e. The molecule has 108 valence electrons. The Labute approximate surface area is 115 Å². The number of aryl methyl sites for hydroxylation is 1. The third-order valence-corrected chi connectivity index (χ3v) is 2.56. The van der Waals surface area contributed by atoms with Gasteiger partial charge in [0, 0.05) is 45.6 Å². The van der Waals surface area contributed by atoms with Gasteiger partial charge in [-0.3, -0.25) is 0 Å². The second-order valence-corrected chi connectivity index (χ2v) is 4.24. The van der Waals surface area contributed by atoms with Crippen molar-refractivity contribution in [2.75, 3.05) is 51.9 Å². The SMILES string of the molecule is CCOc1cc(C)nc(N(C)CCNCCOC)n1. The van der Waals surface area contributed by atoms with Gasteiger partial charge in [0.1, 0.15) is 0 Å². The number of nitrogens with zero attached hydrogens (tertiary/aromatic N) is 3. The predicted octanol–water partition coefficient (Wildman–Crippen LogP) is 0.856. The van der Waals surface area contributed by atoms with E-state index in [1.807, 2.05) is 31.9 Å². The Balaban J connectivity index is 2.48. The van der Waals surface area contributed by atoms with Crippen molar-refractivity contribution in [1.82, 2.24) is 15.3 Å². The molecule has 1 rings (SSSR count). The van der Waals surface area contributed by atoms with Crippen LogP contribution in [0.25, 0.3) is 0 Å². The minimum absolute atomic E-state index is 0.609. The first kappa shape index (κ1) is 15.7. The summed E-state index contributed by atoms with van der Waals surface area (Å²) in [7, 11) is 3.67. The molecule has 0 unspecified atom stereocenters. The number of aromatic nitrogens is 2. The molecule has 19 heavy (non-hydrogen) atoms. The highest BCUT2D eigenvalue weighted by atomic mass is 16.5. The lowest BCUT2D eigenvalue weighted by atomic mass is 10.4. The van der Waals surface area contributed by atoms with E-state index in [2.05, 4.69) is 15.3 Å². The largest absolute Gasteiger partial charge is 0.478 e. The molecule has 6 heteroatoms. The van der Waals surface area contributed by atoms with E-state index in [1.165, 1.54) is 0 Å². The molecular formula is C13H24N4O2. The maximum atomic E-state index is 5.43. The summed E-state index contributed by atoms with van der Waals surface area (Å²) in [4.78, 5) is 10.8. The molecule has 0 radical (unpaired) electrons. The summed E-state index contributed by atoms with van der Waals surface area (Å²) in [6, 6.07) is 1.84. The van der Waals surface area contributed by atoms with Crippen LogP contribution in [0, 0.1) is 6.92 Å². The van der Waals surface area contributed by atoms with Crippen LogP contribution in [0.15, 0.2) is 6.07 Å². The average molecular weight is 268 g/mol. The lowest BCUT2D eigenvalue weighted by Crippen LogP contribution is -2.31. The van der Waals surface area contributed by atoms with Crippen molar-refractivity contribution < 1.29 is 9.47 Å². The fourth-order valence-corrected chi connectivity index (χ4v) is 1.56. The summed E-state index contributed by atoms with van der Waals surface area (Å²) < 4.78 is 10.4. The molecule has 0 bridgehead atoms. The van der Waals surface area contributed by atoms with Crippen molar-refractivity contribution in [2.45, 2.75) is 13.8 Å². The van der Waals surface area contributed by atoms with Crippen LogP contribution in [0.2, 0.25) is 0 Å². The molecule has 0 spiro atoms. The van der Waals surface area contributed by atoms with Crippen molar-refractivity contribution in [1.29, 1.82) is 0 Å². The maximum absolute atomic E-state index is 5.43. The predicted molar refractivity (Wildman–Crippen MR) is 76.0 cm³/mol. The second kappa shape index (κ2) is 8.66. The van der Waals surface area contributed by atoms with Crippen molar-refractivity contribution in [2.24, 2.45) is 0 Å². The van der Waals surface area contributed by atoms with Crippen molar-refractivity contribution in [3.05, 3.63) is 11.8 Å². The molecule has 0 fully saturated rings. The van der Waals surface area contributed by atoms with E-state index < -0.39 is 0 Å². The van der Waals surface area contributed by atoms with Gasteiger partial charge < -0.3 is 19.7 Å². The first-order chi connectivity index (χ1) is 9.17. The zero-order chi connectivity index (χ0) is 14.1. The molecule has 1 aromatic rings. The van der Waals surface area contributed by atoms with Crippen molar-refractivity contribution >= 4 is 5.95 Å². The summed E-state index contributed by atoms with van der Waals surface area (Å²) in [5.74, 6) is 1.32. The molecule has 0 aliphatic heterocycles. The van der Waals surface area contributed by atoms with Gasteiger partial charge in [-0.25, -0.2) is 4.98 Å². The molecular weight excluding hydrogens is 244 g/mol. The fraction of sp³-hybridized carbons (Fsp3) is 0.692. The highest BCUT2D eigenvalue weighted by Gasteiger charge is 2.07. The Morgan fingerprint density at radius 3 is 2.79 bits per heavy atom. The van der Waals surface area contributed by atoms with Crippen LogP contribution in [-0.4, -0.2) is 57.0 Å². The lowest BCUT2D eigenvalue weighted by Gasteiger charge is -2.18. The Bertz CT molecular complexity index is 374. The molecule has 0 saturated heterocycles. The number of anilines is 1. The van der Waals surface area contributed by atoms with Gasteiger partial charge in [-0.1, -0.05) is 0 Å². The quantitative estimate of drug-likeness (QED) is 0.670. The zero-order valence-corrected chi connectivity index (χ0v) is 12.3. The Morgan fingerprint density at radius 1 is 1.32 bits per heavy atom. The number of rotatable bonds is 9. The first-order valence-electron chi connectivity index (χ1n) is 6.56. The van der Waals surface area contributed by atoms with E-state index in [0.717, 1.165) is 31.9 Å². The minimum atomic E-state index is 0.609. The van der Waals surface area contributed by atoms with Crippen LogP contribution in [0.1, 0.15) is 12.6 Å². The Morgan fingerprint density at radius 2 is 2.11 bits per heavy atom. The van der Waals surface area contributed by atoms with Gasteiger partial charge in [0.25, 0.3) is 0 Å². The summed E-state index contributed by atoms with van der Waals surface area (Å²) in [6.45, 7) is 7.76. The fourth-order valence-electron chi connectivity index (χ4n) is 1.56. The molecule has 1 aromatic heterocycles. The van der Waals surface area contributed by atoms with Crippen LogP contribution in [-0.2, 0) is 4.74 Å². The Kier molecular flexibility index (Phi) is 7.14. The molecule has 0 aliphatic carbocycles. The average Bonchev–Trinajstić information content (AvgIpc) is 2.38. The number of likely N-dealkylation sites (N-methyl/N-ethyl adjacent to an activating group) is 1. The van der Waals surface area contributed by atoms with Crippen LogP contribution in [0.4, 0.5) is 5.95 Å². The first-order valence-corrected chi connectivity index (χ1v) is 6.56. The third-order valence-electron chi connectivity index (χ3n) is 2.56. The molecule has 0 amide bonds. The van der Waals surface area contributed by atoms with E-state index in [1.54, 1.807) is 7.11 Å². The summed E-state index contributed by atoms with van der Waals surface area (Å²) >= 11 is 0. The topological polar surface area (TPSA) is 59.5 Å². The van der Waals surface area contributed by atoms with Gasteiger partial charge in [-0.2, -0.15) is 4.98 Å². The monoisotopic (exact) mass is 268 g/mol. The standard InChI is InChI=1S/C13H24N4O2/c1-5-19-12-10-11(2)15-13(16-12)17(3)8-6-14-7-9-18-4/h10,14H,5-9H2,1-4H3.